The molecule has 0 fully saturated rings. The summed E-state index contributed by atoms with van der Waals surface area (Å²) in [6, 6.07) is 7.72. The molecule has 1 rings (SSSR count). The van der Waals surface area contributed by atoms with Gasteiger partial charge in [-0.05, 0) is 52.3 Å². The van der Waals surface area contributed by atoms with Gasteiger partial charge in [-0.15, -0.1) is 0 Å². The number of rotatable bonds is 5. The van der Waals surface area contributed by atoms with E-state index in [-0.39, 0.29) is 24.2 Å². The minimum Gasteiger partial charge on any atom is -0.399 e. The Hall–Kier alpha value is -1.55. The number of hydrogen-bond donors (Lipinski definition) is 1. The van der Waals surface area contributed by atoms with Crippen LogP contribution in [0.4, 0.5) is 5.69 Å². The highest BCUT2D eigenvalue weighted by Crippen LogP contribution is 2.13. The van der Waals surface area contributed by atoms with Crippen molar-refractivity contribution in [3.63, 3.8) is 0 Å². The van der Waals surface area contributed by atoms with Crippen molar-refractivity contribution in [2.24, 2.45) is 0 Å². The van der Waals surface area contributed by atoms with E-state index < -0.39 is 0 Å². The molecule has 1 aromatic rings. The summed E-state index contributed by atoms with van der Waals surface area (Å²) in [6.45, 7) is 10.5. The van der Waals surface area contributed by atoms with Crippen LogP contribution in [-0.4, -0.2) is 29.1 Å². The zero-order valence-corrected chi connectivity index (χ0v) is 13.1. The van der Waals surface area contributed by atoms with Crippen LogP contribution in [0.5, 0.6) is 0 Å². The van der Waals surface area contributed by atoms with Gasteiger partial charge >= 0.3 is 0 Å². The van der Waals surface area contributed by atoms with E-state index >= 15 is 0 Å². The molecule has 0 aromatic heterocycles. The normalized spacial score (nSPS) is 11.7. The maximum absolute atomic E-state index is 12.3. The molecule has 0 spiro atoms. The van der Waals surface area contributed by atoms with E-state index in [2.05, 4.69) is 0 Å². The third-order valence-corrected chi connectivity index (χ3v) is 2.90. The highest BCUT2D eigenvalue weighted by molar-refractivity contribution is 5.77. The predicted octanol–water partition coefficient (Wildman–Crippen LogP) is 2.82. The average Bonchev–Trinajstić information content (AvgIpc) is 2.34. The van der Waals surface area contributed by atoms with Gasteiger partial charge in [-0.25, -0.2) is 0 Å². The minimum absolute atomic E-state index is 0.00625. The maximum Gasteiger partial charge on any atom is 0.249 e. The van der Waals surface area contributed by atoms with E-state index in [1.807, 2.05) is 63.8 Å². The lowest BCUT2D eigenvalue weighted by molar-refractivity contribution is -0.143. The molecule has 0 atom stereocenters. The lowest BCUT2D eigenvalue weighted by atomic mass is 10.1. The van der Waals surface area contributed by atoms with Crippen LogP contribution in [-0.2, 0) is 16.1 Å². The summed E-state index contributed by atoms with van der Waals surface area (Å²) in [6.07, 6.45) is 0. The maximum atomic E-state index is 12.3. The number of carbonyl (C=O) groups excluding carboxylic acids is 1. The molecule has 0 aliphatic rings. The molecule has 1 amide bonds. The van der Waals surface area contributed by atoms with Gasteiger partial charge in [0.05, 0.1) is 5.60 Å². The molecule has 0 aliphatic heterocycles. The van der Waals surface area contributed by atoms with E-state index in [0.29, 0.717) is 6.54 Å². The molecule has 0 bridgehead atoms. The number of anilines is 1. The Balaban J connectivity index is 2.69. The Morgan fingerprint density at radius 3 is 2.25 bits per heavy atom. The molecule has 1 aromatic carbocycles. The third kappa shape index (κ3) is 5.61. The fourth-order valence-corrected chi connectivity index (χ4v) is 1.74. The summed E-state index contributed by atoms with van der Waals surface area (Å²) in [5.41, 5.74) is 7.16. The van der Waals surface area contributed by atoms with Crippen LogP contribution in [0.15, 0.2) is 24.3 Å². The van der Waals surface area contributed by atoms with Gasteiger partial charge in [0.1, 0.15) is 6.61 Å². The van der Waals surface area contributed by atoms with Crippen LogP contribution in [0.25, 0.3) is 0 Å². The Morgan fingerprint density at radius 2 is 1.80 bits per heavy atom. The minimum atomic E-state index is -0.306. The number of ether oxygens (including phenoxy) is 1. The van der Waals surface area contributed by atoms with Gasteiger partial charge in [-0.3, -0.25) is 4.79 Å². The van der Waals surface area contributed by atoms with Gasteiger partial charge in [0.25, 0.3) is 0 Å². The molecule has 112 valence electrons. The largest absolute Gasteiger partial charge is 0.399 e. The fourth-order valence-electron chi connectivity index (χ4n) is 1.74. The van der Waals surface area contributed by atoms with Gasteiger partial charge in [0.15, 0.2) is 0 Å². The zero-order valence-electron chi connectivity index (χ0n) is 13.1. The monoisotopic (exact) mass is 278 g/mol. The summed E-state index contributed by atoms with van der Waals surface area (Å²) in [5, 5.41) is 0. The molecule has 0 radical (unpaired) electrons. The van der Waals surface area contributed by atoms with Gasteiger partial charge < -0.3 is 15.4 Å². The molecule has 0 saturated carbocycles. The van der Waals surface area contributed by atoms with Crippen LogP contribution in [0.1, 0.15) is 40.2 Å². The molecular formula is C16H26N2O2. The summed E-state index contributed by atoms with van der Waals surface area (Å²) in [7, 11) is 0. The van der Waals surface area contributed by atoms with Gasteiger partial charge in [-0.2, -0.15) is 0 Å². The first kappa shape index (κ1) is 16.5. The zero-order chi connectivity index (χ0) is 15.3. The smallest absolute Gasteiger partial charge is 0.249 e. The van der Waals surface area contributed by atoms with Crippen molar-refractivity contribution in [1.82, 2.24) is 4.90 Å². The third-order valence-electron chi connectivity index (χ3n) is 2.90. The Bertz CT molecular complexity index is 433. The number of nitrogen functional groups attached to an aromatic ring is 1. The Labute approximate surface area is 121 Å². The van der Waals surface area contributed by atoms with E-state index in [1.54, 1.807) is 0 Å². The average molecular weight is 278 g/mol. The molecule has 0 heterocycles. The van der Waals surface area contributed by atoms with Crippen molar-refractivity contribution in [3.05, 3.63) is 29.8 Å². The van der Waals surface area contributed by atoms with Crippen molar-refractivity contribution in [2.45, 2.75) is 52.8 Å². The fraction of sp³-hybridized carbons (Fsp3) is 0.562. The number of carbonyl (C=O) groups is 1. The molecule has 0 unspecified atom stereocenters. The van der Waals surface area contributed by atoms with E-state index in [4.69, 9.17) is 10.5 Å². The van der Waals surface area contributed by atoms with E-state index in [9.17, 15) is 4.79 Å². The number of nitrogens with two attached hydrogens (primary N) is 1. The lowest BCUT2D eigenvalue weighted by Gasteiger charge is -2.28. The summed E-state index contributed by atoms with van der Waals surface area (Å²) in [4.78, 5) is 14.1. The van der Waals surface area contributed by atoms with Crippen LogP contribution in [0.2, 0.25) is 0 Å². The number of amides is 1. The first-order chi connectivity index (χ1) is 9.19. The number of benzene rings is 1. The quantitative estimate of drug-likeness (QED) is 0.843. The molecule has 20 heavy (non-hydrogen) atoms. The Kier molecular flexibility index (Phi) is 5.57. The van der Waals surface area contributed by atoms with Crippen molar-refractivity contribution in [1.29, 1.82) is 0 Å². The van der Waals surface area contributed by atoms with E-state index in [1.165, 1.54) is 0 Å². The Morgan fingerprint density at radius 1 is 1.25 bits per heavy atom. The van der Waals surface area contributed by atoms with Crippen LogP contribution >= 0.6 is 0 Å². The first-order valence-electron chi connectivity index (χ1n) is 6.97. The predicted molar refractivity (Wildman–Crippen MR) is 82.2 cm³/mol. The van der Waals surface area contributed by atoms with Crippen molar-refractivity contribution >= 4 is 11.6 Å². The number of nitrogens with zero attached hydrogens (tertiary/aromatic N) is 1. The standard InChI is InChI=1S/C16H26N2O2/c1-12(2)18(15(19)11-20-16(3,4)5)10-13-6-8-14(17)9-7-13/h6-9,12H,10-11,17H2,1-5H3. The second kappa shape index (κ2) is 6.75. The highest BCUT2D eigenvalue weighted by Gasteiger charge is 2.20. The first-order valence-corrected chi connectivity index (χ1v) is 6.97. The van der Waals surface area contributed by atoms with Gasteiger partial charge in [0.2, 0.25) is 5.91 Å². The van der Waals surface area contributed by atoms with Crippen LogP contribution in [0.3, 0.4) is 0 Å². The van der Waals surface area contributed by atoms with Crippen molar-refractivity contribution < 1.29 is 9.53 Å². The second-order valence-electron chi connectivity index (χ2n) is 6.26. The van der Waals surface area contributed by atoms with Crippen LogP contribution < -0.4 is 5.73 Å². The molecule has 4 heteroatoms. The van der Waals surface area contributed by atoms with Gasteiger partial charge in [-0.1, -0.05) is 12.1 Å². The second-order valence-corrected chi connectivity index (χ2v) is 6.26. The molecular weight excluding hydrogens is 252 g/mol. The van der Waals surface area contributed by atoms with E-state index in [0.717, 1.165) is 11.3 Å². The molecule has 0 saturated heterocycles. The summed E-state index contributed by atoms with van der Waals surface area (Å²) < 4.78 is 5.57. The number of hydrogen-bond acceptors (Lipinski definition) is 3. The van der Waals surface area contributed by atoms with Gasteiger partial charge in [0, 0.05) is 18.3 Å². The molecule has 4 nitrogen and oxygen atoms in total. The van der Waals surface area contributed by atoms with Crippen molar-refractivity contribution in [3.8, 4) is 0 Å². The molecule has 0 aliphatic carbocycles. The SMILES string of the molecule is CC(C)N(Cc1ccc(N)cc1)C(=O)COC(C)(C)C. The topological polar surface area (TPSA) is 55.6 Å². The van der Waals surface area contributed by atoms with Crippen molar-refractivity contribution in [2.75, 3.05) is 12.3 Å². The summed E-state index contributed by atoms with van der Waals surface area (Å²) in [5.74, 6) is 0.00625. The summed E-state index contributed by atoms with van der Waals surface area (Å²) >= 11 is 0. The molecule has 2 N–H and O–H groups in total. The lowest BCUT2D eigenvalue weighted by Crippen LogP contribution is -2.40. The highest BCUT2D eigenvalue weighted by atomic mass is 16.5. The van der Waals surface area contributed by atoms with Crippen LogP contribution in [0, 0.1) is 0 Å².